The Kier molecular flexibility index (Phi) is 9.03. The number of unbranched alkanes of at least 4 members (excludes halogenated alkanes) is 2. The second kappa shape index (κ2) is 10.8. The van der Waals surface area contributed by atoms with Crippen LogP contribution < -0.4 is 0 Å². The van der Waals surface area contributed by atoms with Gasteiger partial charge in [-0.3, -0.25) is 0 Å². The Morgan fingerprint density at radius 1 is 0.870 bits per heavy atom. The van der Waals surface area contributed by atoms with Crippen LogP contribution in [0.1, 0.15) is 73.6 Å². The Labute approximate surface area is 139 Å². The first kappa shape index (κ1) is 19.2. The predicted molar refractivity (Wildman–Crippen MR) is 90.6 cm³/mol. The van der Waals surface area contributed by atoms with Gasteiger partial charge in [-0.25, -0.2) is 9.59 Å². The van der Waals surface area contributed by atoms with E-state index in [1.54, 1.807) is 24.3 Å². The summed E-state index contributed by atoms with van der Waals surface area (Å²) in [6.45, 7) is 7.26. The second-order valence-corrected chi connectivity index (χ2v) is 6.09. The van der Waals surface area contributed by atoms with E-state index < -0.39 is 0 Å². The van der Waals surface area contributed by atoms with E-state index in [0.717, 1.165) is 32.1 Å². The second-order valence-electron chi connectivity index (χ2n) is 6.09. The highest BCUT2D eigenvalue weighted by Gasteiger charge is 2.10. The standard InChI is InChI=1S/C19H28O4/c1-4-5-13-22-18(20)16-9-11-17(12-10-16)19(21)23-14-7-6-8-15(2)3/h9-12,15H,4-8,13-14H2,1-3H3. The molecule has 1 aromatic carbocycles. The number of benzene rings is 1. The van der Waals surface area contributed by atoms with Crippen molar-refractivity contribution < 1.29 is 19.1 Å². The van der Waals surface area contributed by atoms with Gasteiger partial charge in [-0.2, -0.15) is 0 Å². The summed E-state index contributed by atoms with van der Waals surface area (Å²) in [4.78, 5) is 23.7. The van der Waals surface area contributed by atoms with Crippen molar-refractivity contribution in [3.63, 3.8) is 0 Å². The van der Waals surface area contributed by atoms with Gasteiger partial charge in [-0.1, -0.05) is 33.6 Å². The lowest BCUT2D eigenvalue weighted by atomic mass is 10.1. The molecular weight excluding hydrogens is 292 g/mol. The maximum Gasteiger partial charge on any atom is 0.338 e. The number of rotatable bonds is 10. The van der Waals surface area contributed by atoms with Crippen molar-refractivity contribution in [2.45, 2.75) is 52.9 Å². The van der Waals surface area contributed by atoms with Crippen molar-refractivity contribution in [3.8, 4) is 0 Å². The molecule has 0 bridgehead atoms. The molecule has 4 heteroatoms. The average molecular weight is 320 g/mol. The van der Waals surface area contributed by atoms with Gasteiger partial charge in [0.25, 0.3) is 0 Å². The molecule has 0 heterocycles. The summed E-state index contributed by atoms with van der Waals surface area (Å²) in [7, 11) is 0. The molecule has 0 aliphatic rings. The number of esters is 2. The number of carbonyl (C=O) groups is 2. The largest absolute Gasteiger partial charge is 0.462 e. The fourth-order valence-corrected chi connectivity index (χ4v) is 2.04. The molecule has 1 rings (SSSR count). The van der Waals surface area contributed by atoms with Crippen LogP contribution in [0.3, 0.4) is 0 Å². The number of carbonyl (C=O) groups excluding carboxylic acids is 2. The number of hydrogen-bond acceptors (Lipinski definition) is 4. The molecule has 0 atom stereocenters. The summed E-state index contributed by atoms with van der Waals surface area (Å²) in [5.41, 5.74) is 0.911. The van der Waals surface area contributed by atoms with E-state index in [9.17, 15) is 9.59 Å². The van der Waals surface area contributed by atoms with Gasteiger partial charge in [0.05, 0.1) is 24.3 Å². The van der Waals surface area contributed by atoms with Crippen LogP contribution in [0.4, 0.5) is 0 Å². The summed E-state index contributed by atoms with van der Waals surface area (Å²) >= 11 is 0. The molecule has 0 saturated heterocycles. The van der Waals surface area contributed by atoms with Crippen molar-refractivity contribution >= 4 is 11.9 Å². The minimum atomic E-state index is -0.355. The monoisotopic (exact) mass is 320 g/mol. The van der Waals surface area contributed by atoms with E-state index in [2.05, 4.69) is 13.8 Å². The van der Waals surface area contributed by atoms with Crippen LogP contribution in [-0.2, 0) is 9.47 Å². The van der Waals surface area contributed by atoms with Crippen molar-refractivity contribution in [2.75, 3.05) is 13.2 Å². The van der Waals surface area contributed by atoms with Crippen LogP contribution in [0.15, 0.2) is 24.3 Å². The summed E-state index contributed by atoms with van der Waals surface area (Å²) in [6.07, 6.45) is 4.92. The third kappa shape index (κ3) is 7.82. The molecule has 0 amide bonds. The molecule has 1 aromatic rings. The number of hydrogen-bond donors (Lipinski definition) is 0. The van der Waals surface area contributed by atoms with Crippen LogP contribution in [0.25, 0.3) is 0 Å². The highest BCUT2D eigenvalue weighted by molar-refractivity contribution is 5.93. The first-order valence-electron chi connectivity index (χ1n) is 8.49. The molecule has 23 heavy (non-hydrogen) atoms. The Morgan fingerprint density at radius 3 is 1.78 bits per heavy atom. The zero-order valence-corrected chi connectivity index (χ0v) is 14.5. The summed E-state index contributed by atoms with van der Waals surface area (Å²) in [6, 6.07) is 6.41. The van der Waals surface area contributed by atoms with Gasteiger partial charge in [0, 0.05) is 0 Å². The Morgan fingerprint density at radius 2 is 1.35 bits per heavy atom. The van der Waals surface area contributed by atoms with Crippen LogP contribution >= 0.6 is 0 Å². The molecule has 128 valence electrons. The van der Waals surface area contributed by atoms with Crippen LogP contribution in [-0.4, -0.2) is 25.2 Å². The molecule has 0 unspecified atom stereocenters. The lowest BCUT2D eigenvalue weighted by Crippen LogP contribution is -2.09. The fourth-order valence-electron chi connectivity index (χ4n) is 2.04. The Hall–Kier alpha value is -1.84. The van der Waals surface area contributed by atoms with E-state index >= 15 is 0 Å². The van der Waals surface area contributed by atoms with Gasteiger partial charge < -0.3 is 9.47 Å². The van der Waals surface area contributed by atoms with E-state index in [1.807, 2.05) is 6.92 Å². The fraction of sp³-hybridized carbons (Fsp3) is 0.579. The lowest BCUT2D eigenvalue weighted by Gasteiger charge is -2.07. The Balaban J connectivity index is 2.37. The summed E-state index contributed by atoms with van der Waals surface area (Å²) in [5, 5.41) is 0. The van der Waals surface area contributed by atoms with E-state index in [0.29, 0.717) is 30.3 Å². The average Bonchev–Trinajstić information content (AvgIpc) is 2.54. The van der Waals surface area contributed by atoms with E-state index in [1.165, 1.54) is 0 Å². The predicted octanol–water partition coefficient (Wildman–Crippen LogP) is 4.63. The molecule has 0 fully saturated rings. The van der Waals surface area contributed by atoms with Crippen LogP contribution in [0.5, 0.6) is 0 Å². The molecule has 0 aliphatic carbocycles. The quantitative estimate of drug-likeness (QED) is 0.466. The van der Waals surface area contributed by atoms with Crippen molar-refractivity contribution in [1.29, 1.82) is 0 Å². The van der Waals surface area contributed by atoms with Crippen LogP contribution in [0, 0.1) is 5.92 Å². The topological polar surface area (TPSA) is 52.6 Å². The van der Waals surface area contributed by atoms with Gasteiger partial charge in [0.15, 0.2) is 0 Å². The van der Waals surface area contributed by atoms with Gasteiger partial charge in [0.2, 0.25) is 0 Å². The molecule has 0 aliphatic heterocycles. The van der Waals surface area contributed by atoms with Gasteiger partial charge in [-0.05, 0) is 49.4 Å². The molecule has 0 aromatic heterocycles. The lowest BCUT2D eigenvalue weighted by molar-refractivity contribution is 0.0483. The molecule has 0 N–H and O–H groups in total. The SMILES string of the molecule is CCCCOC(=O)c1ccc(C(=O)OCCCCC(C)C)cc1. The molecule has 0 radical (unpaired) electrons. The van der Waals surface area contributed by atoms with Gasteiger partial charge >= 0.3 is 11.9 Å². The number of ether oxygens (including phenoxy) is 2. The van der Waals surface area contributed by atoms with Crippen molar-refractivity contribution in [3.05, 3.63) is 35.4 Å². The Bertz CT molecular complexity index is 477. The molecule has 0 spiro atoms. The van der Waals surface area contributed by atoms with E-state index in [-0.39, 0.29) is 11.9 Å². The zero-order chi connectivity index (χ0) is 17.1. The van der Waals surface area contributed by atoms with E-state index in [4.69, 9.17) is 9.47 Å². The first-order chi connectivity index (χ1) is 11.0. The van der Waals surface area contributed by atoms with Crippen molar-refractivity contribution in [1.82, 2.24) is 0 Å². The molecule has 4 nitrogen and oxygen atoms in total. The maximum absolute atomic E-state index is 11.9. The summed E-state index contributed by atoms with van der Waals surface area (Å²) < 4.78 is 10.4. The highest BCUT2D eigenvalue weighted by atomic mass is 16.5. The highest BCUT2D eigenvalue weighted by Crippen LogP contribution is 2.10. The zero-order valence-electron chi connectivity index (χ0n) is 14.5. The minimum Gasteiger partial charge on any atom is -0.462 e. The summed E-state index contributed by atoms with van der Waals surface area (Å²) in [5.74, 6) is -0.0252. The van der Waals surface area contributed by atoms with Crippen LogP contribution in [0.2, 0.25) is 0 Å². The van der Waals surface area contributed by atoms with Gasteiger partial charge in [-0.15, -0.1) is 0 Å². The smallest absolute Gasteiger partial charge is 0.338 e. The van der Waals surface area contributed by atoms with Gasteiger partial charge in [0.1, 0.15) is 0 Å². The maximum atomic E-state index is 11.9. The third-order valence-corrected chi connectivity index (χ3v) is 3.50. The van der Waals surface area contributed by atoms with Crippen molar-refractivity contribution in [2.24, 2.45) is 5.92 Å². The third-order valence-electron chi connectivity index (χ3n) is 3.50. The molecule has 0 saturated carbocycles. The molecular formula is C19H28O4. The minimum absolute atomic E-state index is 0.347. The first-order valence-corrected chi connectivity index (χ1v) is 8.49. The normalized spacial score (nSPS) is 10.6.